The van der Waals surface area contributed by atoms with Crippen molar-refractivity contribution in [3.63, 3.8) is 0 Å². The Morgan fingerprint density at radius 3 is 2.85 bits per heavy atom. The normalized spacial score (nSPS) is 18.7. The van der Waals surface area contributed by atoms with Gasteiger partial charge in [0.05, 0.1) is 0 Å². The van der Waals surface area contributed by atoms with E-state index in [9.17, 15) is 4.39 Å². The smallest absolute Gasteiger partial charge is 0.213 e. The van der Waals surface area contributed by atoms with Gasteiger partial charge >= 0.3 is 0 Å². The molecule has 1 aliphatic rings. The summed E-state index contributed by atoms with van der Waals surface area (Å²) in [5, 5.41) is 0. The highest BCUT2D eigenvalue weighted by atomic mass is 19.1. The fourth-order valence-corrected chi connectivity index (χ4v) is 1.59. The largest absolute Gasteiger partial charge is 0.324 e. The van der Waals surface area contributed by atoms with Crippen molar-refractivity contribution in [2.75, 3.05) is 0 Å². The fraction of sp³-hybridized carbons (Fsp3) is 0.500. The van der Waals surface area contributed by atoms with Crippen molar-refractivity contribution >= 4 is 0 Å². The lowest BCUT2D eigenvalue weighted by atomic mass is 10.0. The van der Waals surface area contributed by atoms with Gasteiger partial charge in [0.15, 0.2) is 0 Å². The molecule has 1 saturated carbocycles. The molecule has 1 atom stereocenters. The predicted molar refractivity (Wildman–Crippen MR) is 48.6 cm³/mol. The standard InChI is InChI=1S/C10H13FN2/c1-6-4-9(11)13-5-8(6)10(12)7-2-3-7/h4-5,7,10H,2-3,12H2,1H3. The van der Waals surface area contributed by atoms with E-state index in [1.54, 1.807) is 6.20 Å². The van der Waals surface area contributed by atoms with E-state index in [1.165, 1.54) is 18.9 Å². The molecule has 1 heterocycles. The van der Waals surface area contributed by atoms with Crippen LogP contribution in [0.4, 0.5) is 4.39 Å². The first-order valence-electron chi connectivity index (χ1n) is 4.56. The van der Waals surface area contributed by atoms with E-state index in [4.69, 9.17) is 5.73 Å². The lowest BCUT2D eigenvalue weighted by Gasteiger charge is -2.12. The first-order valence-corrected chi connectivity index (χ1v) is 4.56. The van der Waals surface area contributed by atoms with Gasteiger partial charge in [0, 0.05) is 12.2 Å². The van der Waals surface area contributed by atoms with Crippen molar-refractivity contribution in [3.8, 4) is 0 Å². The van der Waals surface area contributed by atoms with Crippen LogP contribution in [-0.4, -0.2) is 4.98 Å². The predicted octanol–water partition coefficient (Wildman–Crippen LogP) is 1.94. The second-order valence-corrected chi connectivity index (χ2v) is 3.73. The van der Waals surface area contributed by atoms with Crippen LogP contribution in [-0.2, 0) is 0 Å². The molecule has 3 heteroatoms. The van der Waals surface area contributed by atoms with E-state index in [0.29, 0.717) is 5.92 Å². The number of nitrogens with zero attached hydrogens (tertiary/aromatic N) is 1. The van der Waals surface area contributed by atoms with Crippen LogP contribution < -0.4 is 5.73 Å². The van der Waals surface area contributed by atoms with Gasteiger partial charge in [0.1, 0.15) is 0 Å². The molecule has 1 aliphatic carbocycles. The SMILES string of the molecule is Cc1cc(F)ncc1C(N)C1CC1. The number of hydrogen-bond donors (Lipinski definition) is 1. The molecule has 2 N–H and O–H groups in total. The minimum Gasteiger partial charge on any atom is -0.324 e. The number of aromatic nitrogens is 1. The molecule has 2 rings (SSSR count). The average Bonchev–Trinajstić information content (AvgIpc) is 2.85. The first-order chi connectivity index (χ1) is 6.18. The molecule has 1 aromatic heterocycles. The molecule has 70 valence electrons. The number of pyridine rings is 1. The molecule has 1 unspecified atom stereocenters. The highest BCUT2D eigenvalue weighted by Gasteiger charge is 2.30. The van der Waals surface area contributed by atoms with Gasteiger partial charge in [-0.05, 0) is 42.9 Å². The molecule has 0 amide bonds. The number of hydrogen-bond acceptors (Lipinski definition) is 2. The maximum atomic E-state index is 12.7. The Labute approximate surface area is 77.0 Å². The zero-order chi connectivity index (χ0) is 9.42. The summed E-state index contributed by atoms with van der Waals surface area (Å²) in [7, 11) is 0. The summed E-state index contributed by atoms with van der Waals surface area (Å²) in [5.74, 6) is 0.162. The lowest BCUT2D eigenvalue weighted by Crippen LogP contribution is -2.14. The van der Waals surface area contributed by atoms with Crippen LogP contribution in [0.5, 0.6) is 0 Å². The molecule has 0 radical (unpaired) electrons. The summed E-state index contributed by atoms with van der Waals surface area (Å²) in [6.07, 6.45) is 3.95. The highest BCUT2D eigenvalue weighted by molar-refractivity contribution is 5.26. The van der Waals surface area contributed by atoms with Crippen LogP contribution in [0, 0.1) is 18.8 Å². The molecule has 2 nitrogen and oxygen atoms in total. The second kappa shape index (κ2) is 3.07. The molecule has 13 heavy (non-hydrogen) atoms. The van der Waals surface area contributed by atoms with Crippen LogP contribution in [0.3, 0.4) is 0 Å². The summed E-state index contributed by atoms with van der Waals surface area (Å²) < 4.78 is 12.7. The minimum atomic E-state index is -0.427. The molecule has 0 saturated heterocycles. The van der Waals surface area contributed by atoms with Crippen molar-refractivity contribution in [3.05, 3.63) is 29.3 Å². The molecule has 1 aromatic rings. The van der Waals surface area contributed by atoms with Crippen molar-refractivity contribution in [1.82, 2.24) is 4.98 Å². The monoisotopic (exact) mass is 180 g/mol. The lowest BCUT2D eigenvalue weighted by molar-refractivity contribution is 0.570. The molecule has 0 aromatic carbocycles. The summed E-state index contributed by atoms with van der Waals surface area (Å²) >= 11 is 0. The van der Waals surface area contributed by atoms with Crippen LogP contribution in [0.2, 0.25) is 0 Å². The first kappa shape index (κ1) is 8.63. The van der Waals surface area contributed by atoms with E-state index < -0.39 is 5.95 Å². The molecule has 0 spiro atoms. The number of aryl methyl sites for hydroxylation is 1. The Balaban J connectivity index is 2.28. The van der Waals surface area contributed by atoms with Crippen molar-refractivity contribution in [2.24, 2.45) is 11.7 Å². The summed E-state index contributed by atoms with van der Waals surface area (Å²) in [5.41, 5.74) is 7.89. The van der Waals surface area contributed by atoms with Crippen LogP contribution in [0.1, 0.15) is 30.0 Å². The van der Waals surface area contributed by atoms with Gasteiger partial charge in [0.25, 0.3) is 0 Å². The zero-order valence-corrected chi connectivity index (χ0v) is 7.63. The fourth-order valence-electron chi connectivity index (χ4n) is 1.59. The van der Waals surface area contributed by atoms with E-state index in [1.807, 2.05) is 6.92 Å². The summed E-state index contributed by atoms with van der Waals surface area (Å²) in [6, 6.07) is 1.49. The average molecular weight is 180 g/mol. The Morgan fingerprint density at radius 1 is 1.62 bits per heavy atom. The number of halogens is 1. The topological polar surface area (TPSA) is 38.9 Å². The van der Waals surface area contributed by atoms with E-state index in [0.717, 1.165) is 11.1 Å². The van der Waals surface area contributed by atoms with E-state index >= 15 is 0 Å². The molecule has 0 bridgehead atoms. The van der Waals surface area contributed by atoms with Crippen molar-refractivity contribution in [2.45, 2.75) is 25.8 Å². The van der Waals surface area contributed by atoms with Gasteiger partial charge in [-0.1, -0.05) is 0 Å². The highest BCUT2D eigenvalue weighted by Crippen LogP contribution is 2.39. The van der Waals surface area contributed by atoms with Crippen LogP contribution in [0.25, 0.3) is 0 Å². The second-order valence-electron chi connectivity index (χ2n) is 3.73. The molecular weight excluding hydrogens is 167 g/mol. The Morgan fingerprint density at radius 2 is 2.31 bits per heavy atom. The third-order valence-corrected chi connectivity index (χ3v) is 2.61. The number of nitrogens with two attached hydrogens (primary N) is 1. The van der Waals surface area contributed by atoms with Gasteiger partial charge in [-0.2, -0.15) is 4.39 Å². The molecule has 0 aliphatic heterocycles. The van der Waals surface area contributed by atoms with Gasteiger partial charge in [-0.15, -0.1) is 0 Å². The van der Waals surface area contributed by atoms with Crippen LogP contribution in [0.15, 0.2) is 12.3 Å². The van der Waals surface area contributed by atoms with Gasteiger partial charge < -0.3 is 5.73 Å². The minimum absolute atomic E-state index is 0.0492. The Hall–Kier alpha value is -0.960. The Bertz CT molecular complexity index is 321. The van der Waals surface area contributed by atoms with Crippen LogP contribution >= 0.6 is 0 Å². The van der Waals surface area contributed by atoms with Crippen molar-refractivity contribution in [1.29, 1.82) is 0 Å². The molecule has 1 fully saturated rings. The quantitative estimate of drug-likeness (QED) is 0.706. The third kappa shape index (κ3) is 1.70. The van der Waals surface area contributed by atoms with E-state index in [-0.39, 0.29) is 6.04 Å². The van der Waals surface area contributed by atoms with Crippen molar-refractivity contribution < 1.29 is 4.39 Å². The van der Waals surface area contributed by atoms with Gasteiger partial charge in [-0.25, -0.2) is 4.98 Å². The Kier molecular flexibility index (Phi) is 2.04. The van der Waals surface area contributed by atoms with E-state index in [2.05, 4.69) is 4.98 Å². The zero-order valence-electron chi connectivity index (χ0n) is 7.63. The van der Waals surface area contributed by atoms with Gasteiger partial charge in [-0.3, -0.25) is 0 Å². The molecular formula is C10H13FN2. The maximum Gasteiger partial charge on any atom is 0.213 e. The third-order valence-electron chi connectivity index (χ3n) is 2.61. The summed E-state index contributed by atoms with van der Waals surface area (Å²) in [6.45, 7) is 1.88. The summed E-state index contributed by atoms with van der Waals surface area (Å²) in [4.78, 5) is 3.62. The number of rotatable bonds is 2. The maximum absolute atomic E-state index is 12.7. The van der Waals surface area contributed by atoms with Gasteiger partial charge in [0.2, 0.25) is 5.95 Å².